The van der Waals surface area contributed by atoms with Gasteiger partial charge in [-0.2, -0.15) is 0 Å². The standard InChI is InChI=1S/C13H13FO4/c1-8(5-13(16)17)7-18-10-3-4-11(9(2)15)12(14)6-10/h3-6H,7H2,1-2H3,(H,16,17)/b8-5+. The summed E-state index contributed by atoms with van der Waals surface area (Å²) in [7, 11) is 0. The Kier molecular flexibility index (Phi) is 4.59. The van der Waals surface area contributed by atoms with Gasteiger partial charge in [0.15, 0.2) is 5.78 Å². The van der Waals surface area contributed by atoms with E-state index >= 15 is 0 Å². The molecular formula is C13H13FO4. The molecule has 0 radical (unpaired) electrons. The van der Waals surface area contributed by atoms with Gasteiger partial charge in [0.05, 0.1) is 5.56 Å². The lowest BCUT2D eigenvalue weighted by Gasteiger charge is -2.07. The number of carbonyl (C=O) groups excluding carboxylic acids is 1. The lowest BCUT2D eigenvalue weighted by Crippen LogP contribution is -2.03. The van der Waals surface area contributed by atoms with Crippen molar-refractivity contribution in [3.05, 3.63) is 41.2 Å². The van der Waals surface area contributed by atoms with Crippen LogP contribution in [-0.4, -0.2) is 23.5 Å². The Balaban J connectivity index is 2.73. The van der Waals surface area contributed by atoms with Crippen molar-refractivity contribution in [1.82, 2.24) is 0 Å². The number of carbonyl (C=O) groups is 2. The van der Waals surface area contributed by atoms with Gasteiger partial charge in [0.2, 0.25) is 0 Å². The van der Waals surface area contributed by atoms with Crippen LogP contribution in [-0.2, 0) is 4.79 Å². The SMILES string of the molecule is CC(=O)c1ccc(OC/C(C)=C/C(=O)O)cc1F. The normalized spacial score (nSPS) is 11.2. The average molecular weight is 252 g/mol. The molecule has 0 heterocycles. The maximum atomic E-state index is 13.4. The molecule has 0 spiro atoms. The minimum Gasteiger partial charge on any atom is -0.489 e. The second-order valence-corrected chi connectivity index (χ2v) is 3.82. The minimum absolute atomic E-state index is 0.000139. The Hall–Kier alpha value is -2.17. The molecule has 1 aromatic carbocycles. The Bertz CT molecular complexity index is 506. The van der Waals surface area contributed by atoms with E-state index in [4.69, 9.17) is 9.84 Å². The molecule has 0 aliphatic carbocycles. The molecule has 96 valence electrons. The van der Waals surface area contributed by atoms with E-state index in [0.29, 0.717) is 5.57 Å². The number of carboxylic acids is 1. The number of aliphatic carboxylic acids is 1. The second kappa shape index (κ2) is 5.95. The molecular weight excluding hydrogens is 239 g/mol. The highest BCUT2D eigenvalue weighted by Crippen LogP contribution is 2.17. The second-order valence-electron chi connectivity index (χ2n) is 3.82. The fraction of sp³-hybridized carbons (Fsp3) is 0.231. The molecule has 1 N–H and O–H groups in total. The smallest absolute Gasteiger partial charge is 0.328 e. The molecule has 0 aromatic heterocycles. The van der Waals surface area contributed by atoms with Crippen molar-refractivity contribution in [2.75, 3.05) is 6.61 Å². The third-order valence-corrected chi connectivity index (χ3v) is 2.16. The quantitative estimate of drug-likeness (QED) is 0.645. The molecule has 0 amide bonds. The van der Waals surface area contributed by atoms with Crippen LogP contribution < -0.4 is 4.74 Å². The summed E-state index contributed by atoms with van der Waals surface area (Å²) >= 11 is 0. The first-order valence-corrected chi connectivity index (χ1v) is 5.23. The number of hydrogen-bond acceptors (Lipinski definition) is 3. The first-order valence-electron chi connectivity index (χ1n) is 5.23. The molecule has 0 unspecified atom stereocenters. The number of benzene rings is 1. The molecule has 18 heavy (non-hydrogen) atoms. The zero-order valence-electron chi connectivity index (χ0n) is 10.1. The number of rotatable bonds is 5. The van der Waals surface area contributed by atoms with Gasteiger partial charge in [0.25, 0.3) is 0 Å². The van der Waals surface area contributed by atoms with Crippen LogP contribution in [0.4, 0.5) is 4.39 Å². The highest BCUT2D eigenvalue weighted by molar-refractivity contribution is 5.94. The monoisotopic (exact) mass is 252 g/mol. The molecule has 0 saturated carbocycles. The summed E-state index contributed by atoms with van der Waals surface area (Å²) in [5.41, 5.74) is 0.499. The molecule has 0 saturated heterocycles. The van der Waals surface area contributed by atoms with E-state index in [1.165, 1.54) is 19.1 Å². The van der Waals surface area contributed by atoms with E-state index in [9.17, 15) is 14.0 Å². The van der Waals surface area contributed by atoms with Gasteiger partial charge in [-0.3, -0.25) is 4.79 Å². The zero-order chi connectivity index (χ0) is 13.7. The van der Waals surface area contributed by atoms with Crippen LogP contribution in [0.15, 0.2) is 29.8 Å². The molecule has 0 atom stereocenters. The predicted molar refractivity (Wildman–Crippen MR) is 63.3 cm³/mol. The first kappa shape index (κ1) is 13.9. The Morgan fingerprint density at radius 2 is 2.06 bits per heavy atom. The number of hydrogen-bond donors (Lipinski definition) is 1. The molecule has 0 fully saturated rings. The van der Waals surface area contributed by atoms with Crippen LogP contribution in [0.3, 0.4) is 0 Å². The molecule has 1 aromatic rings. The van der Waals surface area contributed by atoms with E-state index < -0.39 is 11.8 Å². The molecule has 0 aliphatic rings. The maximum absolute atomic E-state index is 13.4. The van der Waals surface area contributed by atoms with Crippen LogP contribution in [0.2, 0.25) is 0 Å². The van der Waals surface area contributed by atoms with Crippen LogP contribution >= 0.6 is 0 Å². The lowest BCUT2D eigenvalue weighted by atomic mass is 10.1. The summed E-state index contributed by atoms with van der Waals surface area (Å²) in [6, 6.07) is 3.90. The van der Waals surface area contributed by atoms with Gasteiger partial charge < -0.3 is 9.84 Å². The van der Waals surface area contributed by atoms with Crippen molar-refractivity contribution in [2.24, 2.45) is 0 Å². The van der Waals surface area contributed by atoms with Crippen molar-refractivity contribution in [1.29, 1.82) is 0 Å². The van der Waals surface area contributed by atoms with Gasteiger partial charge in [-0.1, -0.05) is 0 Å². The van der Waals surface area contributed by atoms with Gasteiger partial charge in [-0.25, -0.2) is 9.18 Å². The van der Waals surface area contributed by atoms with Crippen LogP contribution in [0.5, 0.6) is 5.75 Å². The third-order valence-electron chi connectivity index (χ3n) is 2.16. The van der Waals surface area contributed by atoms with Gasteiger partial charge in [0, 0.05) is 12.1 Å². The Morgan fingerprint density at radius 3 is 2.56 bits per heavy atom. The minimum atomic E-state index is -1.06. The van der Waals surface area contributed by atoms with Crippen LogP contribution in [0.1, 0.15) is 24.2 Å². The number of halogens is 1. The van der Waals surface area contributed by atoms with Crippen molar-refractivity contribution < 1.29 is 23.8 Å². The molecule has 0 bridgehead atoms. The van der Waals surface area contributed by atoms with Crippen molar-refractivity contribution in [2.45, 2.75) is 13.8 Å². The zero-order valence-corrected chi connectivity index (χ0v) is 10.1. The topological polar surface area (TPSA) is 63.6 Å². The molecule has 5 heteroatoms. The number of carboxylic acid groups (broad SMARTS) is 1. The lowest BCUT2D eigenvalue weighted by molar-refractivity contribution is -0.131. The predicted octanol–water partition coefficient (Wildman–Crippen LogP) is 2.44. The maximum Gasteiger partial charge on any atom is 0.328 e. The first-order chi connectivity index (χ1) is 8.40. The Labute approximate surface area is 104 Å². The Morgan fingerprint density at radius 1 is 1.39 bits per heavy atom. The van der Waals surface area contributed by atoms with Gasteiger partial charge >= 0.3 is 5.97 Å². The van der Waals surface area contributed by atoms with E-state index in [-0.39, 0.29) is 23.7 Å². The highest BCUT2D eigenvalue weighted by Gasteiger charge is 2.08. The summed E-state index contributed by atoms with van der Waals surface area (Å²) in [6.07, 6.45) is 1.01. The molecule has 0 aliphatic heterocycles. The third kappa shape index (κ3) is 4.01. The van der Waals surface area contributed by atoms with Crippen LogP contribution in [0, 0.1) is 5.82 Å². The van der Waals surface area contributed by atoms with Gasteiger partial charge in [-0.05, 0) is 31.6 Å². The fourth-order valence-electron chi connectivity index (χ4n) is 1.32. The van der Waals surface area contributed by atoms with E-state index in [2.05, 4.69) is 0 Å². The summed E-state index contributed by atoms with van der Waals surface area (Å²) in [5.74, 6) is -1.83. The molecule has 1 rings (SSSR count). The summed E-state index contributed by atoms with van der Waals surface area (Å²) in [4.78, 5) is 21.4. The number of Topliss-reactive ketones (excluding diaryl/α,β-unsaturated/α-hetero) is 1. The van der Waals surface area contributed by atoms with Crippen molar-refractivity contribution in [3.8, 4) is 5.75 Å². The fourth-order valence-corrected chi connectivity index (χ4v) is 1.32. The van der Waals surface area contributed by atoms with E-state index in [0.717, 1.165) is 12.1 Å². The summed E-state index contributed by atoms with van der Waals surface area (Å²) < 4.78 is 18.6. The summed E-state index contributed by atoms with van der Waals surface area (Å²) in [5, 5.41) is 8.49. The average Bonchev–Trinajstić information content (AvgIpc) is 2.25. The number of ketones is 1. The summed E-state index contributed by atoms with van der Waals surface area (Å²) in [6.45, 7) is 2.91. The largest absolute Gasteiger partial charge is 0.489 e. The van der Waals surface area contributed by atoms with Crippen LogP contribution in [0.25, 0.3) is 0 Å². The van der Waals surface area contributed by atoms with E-state index in [1.54, 1.807) is 6.92 Å². The van der Waals surface area contributed by atoms with E-state index in [1.807, 2.05) is 0 Å². The highest BCUT2D eigenvalue weighted by atomic mass is 19.1. The molecule has 4 nitrogen and oxygen atoms in total. The van der Waals surface area contributed by atoms with Crippen molar-refractivity contribution in [3.63, 3.8) is 0 Å². The number of ether oxygens (including phenoxy) is 1. The van der Waals surface area contributed by atoms with Gasteiger partial charge in [-0.15, -0.1) is 0 Å². The van der Waals surface area contributed by atoms with Gasteiger partial charge in [0.1, 0.15) is 18.2 Å². The van der Waals surface area contributed by atoms with Crippen molar-refractivity contribution >= 4 is 11.8 Å².